The summed E-state index contributed by atoms with van der Waals surface area (Å²) in [4.78, 5) is 12.5. The third-order valence-corrected chi connectivity index (χ3v) is 4.95. The molecule has 0 saturated carbocycles. The van der Waals surface area contributed by atoms with Crippen molar-refractivity contribution in [2.45, 2.75) is 39.7 Å². The van der Waals surface area contributed by atoms with Gasteiger partial charge in [0.1, 0.15) is 0 Å². The van der Waals surface area contributed by atoms with Gasteiger partial charge in [0.05, 0.1) is 17.8 Å². The monoisotopic (exact) mass is 362 g/mol. The third-order valence-electron chi connectivity index (χ3n) is 4.95. The second-order valence-electron chi connectivity index (χ2n) is 6.72. The molecule has 0 radical (unpaired) electrons. The van der Waals surface area contributed by atoms with Gasteiger partial charge < -0.3 is 10.6 Å². The first-order valence-electron chi connectivity index (χ1n) is 8.67. The molecule has 2 heterocycles. The molecule has 2 atom stereocenters. The molecule has 1 aromatic carbocycles. The molecule has 1 aliphatic heterocycles. The summed E-state index contributed by atoms with van der Waals surface area (Å²) in [5.41, 5.74) is 3.99. The van der Waals surface area contributed by atoms with Crippen LogP contribution in [0.2, 0.25) is 0 Å². The average Bonchev–Trinajstić information content (AvgIpc) is 2.86. The van der Waals surface area contributed by atoms with Crippen LogP contribution in [0, 0.1) is 19.8 Å². The lowest BCUT2D eigenvalue weighted by Gasteiger charge is -2.30. The van der Waals surface area contributed by atoms with Gasteiger partial charge in [-0.25, -0.2) is 4.68 Å². The van der Waals surface area contributed by atoms with Gasteiger partial charge in [-0.1, -0.05) is 25.1 Å². The number of rotatable bonds is 4. The number of para-hydroxylation sites is 1. The number of hydrogen-bond acceptors (Lipinski definition) is 3. The topological polar surface area (TPSA) is 59.0 Å². The van der Waals surface area contributed by atoms with Gasteiger partial charge in [-0.15, -0.1) is 12.4 Å². The van der Waals surface area contributed by atoms with E-state index in [9.17, 15) is 4.79 Å². The summed E-state index contributed by atoms with van der Waals surface area (Å²) in [7, 11) is 0. The van der Waals surface area contributed by atoms with E-state index in [1.807, 2.05) is 48.9 Å². The molecular formula is C19H27ClN4O. The van der Waals surface area contributed by atoms with E-state index in [0.717, 1.165) is 42.1 Å². The van der Waals surface area contributed by atoms with Crippen molar-refractivity contribution in [2.75, 3.05) is 13.1 Å². The number of benzene rings is 1. The Morgan fingerprint density at radius 3 is 2.72 bits per heavy atom. The van der Waals surface area contributed by atoms with E-state index >= 15 is 0 Å². The molecule has 25 heavy (non-hydrogen) atoms. The van der Waals surface area contributed by atoms with Crippen molar-refractivity contribution in [3.63, 3.8) is 0 Å². The molecule has 1 fully saturated rings. The highest BCUT2D eigenvalue weighted by Crippen LogP contribution is 2.19. The summed E-state index contributed by atoms with van der Waals surface area (Å²) in [6.07, 6.45) is 1.49. The highest BCUT2D eigenvalue weighted by atomic mass is 35.5. The van der Waals surface area contributed by atoms with Crippen LogP contribution in [0.4, 0.5) is 0 Å². The number of aryl methyl sites for hydroxylation is 1. The lowest BCUT2D eigenvalue weighted by molar-refractivity contribution is -0.121. The fourth-order valence-corrected chi connectivity index (χ4v) is 3.35. The molecule has 6 heteroatoms. The van der Waals surface area contributed by atoms with Gasteiger partial charge in [-0.3, -0.25) is 4.79 Å². The number of nitrogens with zero attached hydrogens (tertiary/aromatic N) is 2. The maximum absolute atomic E-state index is 12.5. The lowest BCUT2D eigenvalue weighted by Crippen LogP contribution is -2.50. The van der Waals surface area contributed by atoms with Gasteiger partial charge >= 0.3 is 0 Å². The van der Waals surface area contributed by atoms with E-state index in [2.05, 4.69) is 22.7 Å². The molecule has 1 saturated heterocycles. The molecule has 0 bridgehead atoms. The lowest BCUT2D eigenvalue weighted by atomic mass is 9.94. The molecule has 1 aliphatic rings. The maximum Gasteiger partial charge on any atom is 0.224 e. The van der Waals surface area contributed by atoms with E-state index < -0.39 is 0 Å². The van der Waals surface area contributed by atoms with E-state index in [-0.39, 0.29) is 24.4 Å². The van der Waals surface area contributed by atoms with Crippen molar-refractivity contribution >= 4 is 18.3 Å². The van der Waals surface area contributed by atoms with Crippen LogP contribution in [-0.2, 0) is 11.2 Å². The van der Waals surface area contributed by atoms with Crippen molar-refractivity contribution in [1.29, 1.82) is 0 Å². The first-order chi connectivity index (χ1) is 11.6. The maximum atomic E-state index is 12.5. The fraction of sp³-hybridized carbons (Fsp3) is 0.474. The largest absolute Gasteiger partial charge is 0.352 e. The Morgan fingerprint density at radius 1 is 1.32 bits per heavy atom. The average molecular weight is 363 g/mol. The van der Waals surface area contributed by atoms with Crippen LogP contribution < -0.4 is 10.6 Å². The molecule has 1 amide bonds. The zero-order valence-corrected chi connectivity index (χ0v) is 15.9. The van der Waals surface area contributed by atoms with Crippen LogP contribution >= 0.6 is 12.4 Å². The van der Waals surface area contributed by atoms with E-state index in [0.29, 0.717) is 12.3 Å². The summed E-state index contributed by atoms with van der Waals surface area (Å²) in [6, 6.07) is 10.3. The molecule has 2 aromatic rings. The first-order valence-corrected chi connectivity index (χ1v) is 8.67. The van der Waals surface area contributed by atoms with Crippen LogP contribution in [0.3, 0.4) is 0 Å². The zero-order valence-electron chi connectivity index (χ0n) is 15.1. The second kappa shape index (κ2) is 8.50. The van der Waals surface area contributed by atoms with Crippen molar-refractivity contribution in [2.24, 2.45) is 5.92 Å². The van der Waals surface area contributed by atoms with Crippen LogP contribution in [0.25, 0.3) is 5.69 Å². The van der Waals surface area contributed by atoms with E-state index in [1.54, 1.807) is 0 Å². The summed E-state index contributed by atoms with van der Waals surface area (Å²) >= 11 is 0. The quantitative estimate of drug-likeness (QED) is 0.878. The molecule has 0 spiro atoms. The molecule has 2 N–H and O–H groups in total. The number of aromatic nitrogens is 2. The van der Waals surface area contributed by atoms with Gasteiger partial charge in [0.15, 0.2) is 0 Å². The van der Waals surface area contributed by atoms with Gasteiger partial charge in [-0.05, 0) is 44.9 Å². The third kappa shape index (κ3) is 4.41. The van der Waals surface area contributed by atoms with Crippen molar-refractivity contribution in [1.82, 2.24) is 20.4 Å². The van der Waals surface area contributed by atoms with Gasteiger partial charge in [-0.2, -0.15) is 5.10 Å². The number of piperidine rings is 1. The Hall–Kier alpha value is -1.85. The summed E-state index contributed by atoms with van der Waals surface area (Å²) in [5, 5.41) is 11.2. The Labute approximate surface area is 155 Å². The summed E-state index contributed by atoms with van der Waals surface area (Å²) in [5.74, 6) is 0.596. The second-order valence-corrected chi connectivity index (χ2v) is 6.72. The Balaban J connectivity index is 0.00000225. The van der Waals surface area contributed by atoms with Crippen LogP contribution in [-0.4, -0.2) is 34.8 Å². The number of amides is 1. The van der Waals surface area contributed by atoms with Crippen LogP contribution in [0.5, 0.6) is 0 Å². The molecule has 3 rings (SSSR count). The van der Waals surface area contributed by atoms with Crippen molar-refractivity contribution < 1.29 is 4.79 Å². The standard InChI is InChI=1S/C19H26N4O.ClH/c1-13-9-10-20-12-18(13)21-19(24)11-17-14(2)22-23(15(17)3)16-7-5-4-6-8-16;/h4-8,13,18,20H,9-12H2,1-3H3,(H,21,24);1H. The van der Waals surface area contributed by atoms with E-state index in [1.165, 1.54) is 0 Å². The summed E-state index contributed by atoms with van der Waals surface area (Å²) in [6.45, 7) is 8.10. The first kappa shape index (κ1) is 19.5. The Bertz CT molecular complexity index is 714. The molecule has 0 aliphatic carbocycles. The highest BCUT2D eigenvalue weighted by molar-refractivity contribution is 5.85. The molecule has 5 nitrogen and oxygen atoms in total. The SMILES string of the molecule is Cc1nn(-c2ccccc2)c(C)c1CC(=O)NC1CNCCC1C.Cl. The predicted octanol–water partition coefficient (Wildman–Crippen LogP) is 2.57. The number of halogens is 1. The minimum absolute atomic E-state index is 0. The minimum Gasteiger partial charge on any atom is -0.352 e. The van der Waals surface area contributed by atoms with Gasteiger partial charge in [0, 0.05) is 23.8 Å². The Kier molecular flexibility index (Phi) is 6.62. The number of hydrogen-bond donors (Lipinski definition) is 2. The van der Waals surface area contributed by atoms with Gasteiger partial charge in [0.2, 0.25) is 5.91 Å². The van der Waals surface area contributed by atoms with Crippen molar-refractivity contribution in [3.05, 3.63) is 47.3 Å². The number of carbonyl (C=O) groups is 1. The zero-order chi connectivity index (χ0) is 17.1. The molecular weight excluding hydrogens is 336 g/mol. The smallest absolute Gasteiger partial charge is 0.224 e. The van der Waals surface area contributed by atoms with Crippen LogP contribution in [0.1, 0.15) is 30.3 Å². The minimum atomic E-state index is 0. The number of nitrogens with one attached hydrogen (secondary N) is 2. The predicted molar refractivity (Wildman–Crippen MR) is 103 cm³/mol. The fourth-order valence-electron chi connectivity index (χ4n) is 3.35. The summed E-state index contributed by atoms with van der Waals surface area (Å²) < 4.78 is 1.92. The highest BCUT2D eigenvalue weighted by Gasteiger charge is 2.23. The molecule has 1 aromatic heterocycles. The van der Waals surface area contributed by atoms with Crippen LogP contribution in [0.15, 0.2) is 30.3 Å². The molecule has 136 valence electrons. The normalized spacial score (nSPS) is 20.0. The van der Waals surface area contributed by atoms with Gasteiger partial charge in [0.25, 0.3) is 0 Å². The van der Waals surface area contributed by atoms with Crippen molar-refractivity contribution in [3.8, 4) is 5.69 Å². The Morgan fingerprint density at radius 2 is 2.04 bits per heavy atom. The number of carbonyl (C=O) groups excluding carboxylic acids is 1. The van der Waals surface area contributed by atoms with E-state index in [4.69, 9.17) is 0 Å². The molecule has 2 unspecified atom stereocenters.